The summed E-state index contributed by atoms with van der Waals surface area (Å²) in [4.78, 5) is 17.0. The van der Waals surface area contributed by atoms with E-state index in [-0.39, 0.29) is 11.8 Å². The molecule has 0 aliphatic carbocycles. The molecule has 2 rings (SSSR count). The lowest BCUT2D eigenvalue weighted by atomic mass is 9.91. The van der Waals surface area contributed by atoms with E-state index < -0.39 is 17.3 Å². The van der Waals surface area contributed by atoms with Crippen LogP contribution in [-0.2, 0) is 11.2 Å². The number of hydrogen-bond donors (Lipinski definition) is 2. The van der Waals surface area contributed by atoms with Crippen molar-refractivity contribution in [2.24, 2.45) is 5.41 Å². The van der Waals surface area contributed by atoms with Gasteiger partial charge in [0.15, 0.2) is 0 Å². The molecule has 1 aromatic carbocycles. The van der Waals surface area contributed by atoms with Crippen LogP contribution in [0.1, 0.15) is 56.2 Å². The Morgan fingerprint density at radius 1 is 1.37 bits per heavy atom. The molecule has 0 radical (unpaired) electrons. The van der Waals surface area contributed by atoms with Crippen molar-refractivity contribution >= 4 is 11.6 Å². The van der Waals surface area contributed by atoms with Crippen LogP contribution in [0.25, 0.3) is 0 Å². The lowest BCUT2D eigenvalue weighted by Crippen LogP contribution is -2.29. The quantitative estimate of drug-likeness (QED) is 0.824. The van der Waals surface area contributed by atoms with Crippen molar-refractivity contribution in [3.63, 3.8) is 0 Å². The van der Waals surface area contributed by atoms with Gasteiger partial charge in [0.25, 0.3) is 0 Å². The number of aryl methyl sites for hydroxylation is 1. The molecule has 2 N–H and O–H groups in total. The van der Waals surface area contributed by atoms with Crippen LogP contribution in [-0.4, -0.2) is 23.1 Å². The summed E-state index contributed by atoms with van der Waals surface area (Å²) in [5.41, 5.74) is 2.01. The number of carbonyl (C=O) groups is 1. The molecule has 5 nitrogen and oxygen atoms in total. The maximum atomic E-state index is 13.7. The Morgan fingerprint density at radius 3 is 2.56 bits per heavy atom. The number of halogens is 1. The van der Waals surface area contributed by atoms with Gasteiger partial charge in [-0.15, -0.1) is 0 Å². The van der Waals surface area contributed by atoms with Gasteiger partial charge in [-0.2, -0.15) is 0 Å². The third-order valence-corrected chi connectivity index (χ3v) is 4.42. The number of aliphatic hydroxyl groups is 1. The number of amides is 1. The van der Waals surface area contributed by atoms with Gasteiger partial charge in [-0.1, -0.05) is 39.8 Å². The number of nitrogens with one attached hydrogen (secondary N) is 1. The first kappa shape index (κ1) is 20.8. The molecule has 0 bridgehead atoms. The summed E-state index contributed by atoms with van der Waals surface area (Å²) in [5, 5.41) is 13.9. The number of benzene rings is 1. The monoisotopic (exact) mass is 374 g/mol. The van der Waals surface area contributed by atoms with Crippen LogP contribution in [0.2, 0.25) is 0 Å². The fourth-order valence-corrected chi connectivity index (χ4v) is 2.90. The number of pyridine rings is 1. The summed E-state index contributed by atoms with van der Waals surface area (Å²) in [6, 6.07) is 5.78. The van der Waals surface area contributed by atoms with Crippen LogP contribution < -0.4 is 10.1 Å². The summed E-state index contributed by atoms with van der Waals surface area (Å²) in [7, 11) is 1.46. The zero-order chi connectivity index (χ0) is 20.4. The van der Waals surface area contributed by atoms with E-state index in [1.807, 2.05) is 13.8 Å². The number of hydrogen-bond acceptors (Lipinski definition) is 4. The summed E-state index contributed by atoms with van der Waals surface area (Å²) in [6.45, 7) is 9.13. The van der Waals surface area contributed by atoms with E-state index in [1.165, 1.54) is 25.3 Å². The highest BCUT2D eigenvalue weighted by atomic mass is 19.1. The first-order chi connectivity index (χ1) is 12.6. The average molecular weight is 374 g/mol. The van der Waals surface area contributed by atoms with E-state index >= 15 is 0 Å². The largest absolute Gasteiger partial charge is 0.479 e. The maximum absolute atomic E-state index is 13.7. The third-order valence-electron chi connectivity index (χ3n) is 4.42. The van der Waals surface area contributed by atoms with Gasteiger partial charge in [0.1, 0.15) is 17.6 Å². The smallest absolute Gasteiger partial charge is 0.238 e. The minimum absolute atomic E-state index is 0.216. The number of carbonyl (C=O) groups excluding carboxylic acids is 1. The minimum Gasteiger partial charge on any atom is -0.479 e. The summed E-state index contributed by atoms with van der Waals surface area (Å²) in [6.07, 6.45) is -0.551. The van der Waals surface area contributed by atoms with Crippen LogP contribution in [0.15, 0.2) is 24.3 Å². The Bertz CT molecular complexity index is 844. The van der Waals surface area contributed by atoms with Crippen molar-refractivity contribution in [2.75, 3.05) is 12.4 Å². The van der Waals surface area contributed by atoms with E-state index in [9.17, 15) is 14.3 Å². The predicted octanol–water partition coefficient (Wildman–Crippen LogP) is 4.17. The molecule has 0 saturated carbocycles. The number of ether oxygens (including phenoxy) is 1. The summed E-state index contributed by atoms with van der Waals surface area (Å²) in [5.74, 6) is -0.462. The molecule has 1 amide bonds. The Balaban J connectivity index is 2.71. The van der Waals surface area contributed by atoms with Gasteiger partial charge in [0.2, 0.25) is 11.8 Å². The first-order valence-electron chi connectivity index (χ1n) is 8.92. The molecule has 0 saturated heterocycles. The molecule has 1 unspecified atom stereocenters. The second-order valence-corrected chi connectivity index (χ2v) is 7.49. The molecule has 0 fully saturated rings. The number of methoxy groups -OCH3 is 1. The molecule has 1 aromatic heterocycles. The van der Waals surface area contributed by atoms with Crippen LogP contribution in [0.4, 0.5) is 10.1 Å². The summed E-state index contributed by atoms with van der Waals surface area (Å²) < 4.78 is 19.1. The first-order valence-corrected chi connectivity index (χ1v) is 8.92. The third kappa shape index (κ3) is 4.45. The molecule has 146 valence electrons. The SMILES string of the molecule is CCc1c(C)nc(OC)c(NC(=O)C(C)(C)C)c1C(O)c1cccc(F)c1. The zero-order valence-corrected chi connectivity index (χ0v) is 16.7. The second-order valence-electron chi connectivity index (χ2n) is 7.49. The van der Waals surface area contributed by atoms with E-state index in [2.05, 4.69) is 10.3 Å². The van der Waals surface area contributed by atoms with E-state index in [1.54, 1.807) is 26.8 Å². The van der Waals surface area contributed by atoms with Crippen molar-refractivity contribution in [2.45, 2.75) is 47.1 Å². The molecule has 1 heterocycles. The lowest BCUT2D eigenvalue weighted by molar-refractivity contribution is -0.123. The normalized spacial score (nSPS) is 12.6. The predicted molar refractivity (Wildman–Crippen MR) is 103 cm³/mol. The second kappa shape index (κ2) is 8.05. The maximum Gasteiger partial charge on any atom is 0.238 e. The van der Waals surface area contributed by atoms with Crippen LogP contribution >= 0.6 is 0 Å². The highest BCUT2D eigenvalue weighted by Gasteiger charge is 2.29. The molecular weight excluding hydrogens is 347 g/mol. The number of rotatable bonds is 5. The standard InChI is InChI=1S/C21H27FN2O3/c1-7-15-12(2)23-19(27-6)17(24-20(26)21(3,4)5)16(15)18(25)13-9-8-10-14(22)11-13/h8-11,18,25H,7H2,1-6H3,(H,24,26). The number of anilines is 1. The molecular formula is C21H27FN2O3. The Kier molecular flexibility index (Phi) is 6.21. The van der Waals surface area contributed by atoms with Gasteiger partial charge in [0.05, 0.1) is 7.11 Å². The topological polar surface area (TPSA) is 71.5 Å². The van der Waals surface area contributed by atoms with Crippen molar-refractivity contribution < 1.29 is 19.0 Å². The highest BCUT2D eigenvalue weighted by Crippen LogP contribution is 2.39. The number of nitrogens with zero attached hydrogens (tertiary/aromatic N) is 1. The van der Waals surface area contributed by atoms with E-state index in [4.69, 9.17) is 4.74 Å². The molecule has 0 spiro atoms. The molecule has 27 heavy (non-hydrogen) atoms. The van der Waals surface area contributed by atoms with E-state index in [0.29, 0.717) is 28.9 Å². The van der Waals surface area contributed by atoms with Gasteiger partial charge in [-0.05, 0) is 36.6 Å². The van der Waals surface area contributed by atoms with Gasteiger partial charge < -0.3 is 15.2 Å². The van der Waals surface area contributed by atoms with Crippen molar-refractivity contribution in [3.8, 4) is 5.88 Å². The lowest BCUT2D eigenvalue weighted by Gasteiger charge is -2.25. The molecule has 1 atom stereocenters. The van der Waals surface area contributed by atoms with Gasteiger partial charge >= 0.3 is 0 Å². The van der Waals surface area contributed by atoms with Gasteiger partial charge in [-0.25, -0.2) is 9.37 Å². The number of aromatic nitrogens is 1. The average Bonchev–Trinajstić information content (AvgIpc) is 2.60. The van der Waals surface area contributed by atoms with Gasteiger partial charge in [0, 0.05) is 16.7 Å². The zero-order valence-electron chi connectivity index (χ0n) is 16.7. The molecule has 0 aliphatic rings. The van der Waals surface area contributed by atoms with Crippen molar-refractivity contribution in [1.29, 1.82) is 0 Å². The molecule has 2 aromatic rings. The highest BCUT2D eigenvalue weighted by molar-refractivity contribution is 5.96. The molecule has 0 aliphatic heterocycles. The summed E-state index contributed by atoms with van der Waals surface area (Å²) >= 11 is 0. The Labute approximate surface area is 159 Å². The van der Waals surface area contributed by atoms with Crippen molar-refractivity contribution in [3.05, 3.63) is 52.5 Å². The van der Waals surface area contributed by atoms with Gasteiger partial charge in [-0.3, -0.25) is 4.79 Å². The Morgan fingerprint density at radius 2 is 2.04 bits per heavy atom. The van der Waals surface area contributed by atoms with Crippen LogP contribution in [0.3, 0.4) is 0 Å². The number of aliphatic hydroxyl groups excluding tert-OH is 1. The van der Waals surface area contributed by atoms with Crippen molar-refractivity contribution in [1.82, 2.24) is 4.98 Å². The van der Waals surface area contributed by atoms with Crippen LogP contribution in [0, 0.1) is 18.2 Å². The fourth-order valence-electron chi connectivity index (χ4n) is 2.90. The minimum atomic E-state index is -1.14. The van der Waals surface area contributed by atoms with Crippen LogP contribution in [0.5, 0.6) is 5.88 Å². The molecule has 6 heteroatoms. The fraction of sp³-hybridized carbons (Fsp3) is 0.429. The Hall–Kier alpha value is -2.47. The van der Waals surface area contributed by atoms with E-state index in [0.717, 1.165) is 5.56 Å².